The third-order valence-electron chi connectivity index (χ3n) is 5.61. The highest BCUT2D eigenvalue weighted by Crippen LogP contribution is 2.38. The van der Waals surface area contributed by atoms with Crippen molar-refractivity contribution in [2.24, 2.45) is 0 Å². The Labute approximate surface area is 223 Å². The smallest absolute Gasteiger partial charge is 0.263 e. The molecule has 8 nitrogen and oxygen atoms in total. The molecule has 1 N–H and O–H groups in total. The van der Waals surface area contributed by atoms with Crippen molar-refractivity contribution in [2.75, 3.05) is 4.72 Å². The average molecular weight is 539 g/mol. The Morgan fingerprint density at radius 3 is 2.39 bits per heavy atom. The number of ether oxygens (including phenoxy) is 1. The number of aromatic nitrogens is 2. The van der Waals surface area contributed by atoms with Crippen molar-refractivity contribution in [3.05, 3.63) is 108 Å². The molecule has 5 aromatic rings. The second-order valence-electron chi connectivity index (χ2n) is 8.04. The van der Waals surface area contributed by atoms with Crippen molar-refractivity contribution in [3.8, 4) is 39.8 Å². The van der Waals surface area contributed by atoms with Crippen LogP contribution in [0.3, 0.4) is 0 Å². The van der Waals surface area contributed by atoms with E-state index in [-0.39, 0.29) is 21.3 Å². The van der Waals surface area contributed by atoms with Gasteiger partial charge in [0.2, 0.25) is 5.13 Å². The number of anilines is 1. The molecular weight excluding hydrogens is 520 g/mol. The Morgan fingerprint density at radius 2 is 1.66 bits per heavy atom. The number of carbonyl (C=O) groups is 1. The lowest BCUT2D eigenvalue weighted by Crippen LogP contribution is -2.13. The number of nitrogens with zero attached hydrogens (tertiary/aromatic N) is 3. The summed E-state index contributed by atoms with van der Waals surface area (Å²) in [4.78, 5) is 15.1. The molecule has 10 heteroatoms. The maximum absolute atomic E-state index is 12.8. The predicted molar refractivity (Wildman–Crippen MR) is 145 cm³/mol. The van der Waals surface area contributed by atoms with Crippen LogP contribution in [-0.2, 0) is 10.0 Å². The molecule has 0 saturated carbocycles. The third-order valence-corrected chi connectivity index (χ3v) is 7.65. The monoisotopic (exact) mass is 538 g/mol. The largest absolute Gasteiger partial charge is 0.455 e. The molecule has 0 unspecified atom stereocenters. The topological polar surface area (TPSA) is 122 Å². The van der Waals surface area contributed by atoms with Gasteiger partial charge in [0.1, 0.15) is 30.2 Å². The van der Waals surface area contributed by atoms with E-state index in [4.69, 9.17) is 4.74 Å². The minimum absolute atomic E-state index is 0.0323. The zero-order valence-electron chi connectivity index (χ0n) is 19.6. The van der Waals surface area contributed by atoms with Gasteiger partial charge in [-0.2, -0.15) is 9.64 Å². The molecule has 0 saturated heterocycles. The molecule has 0 radical (unpaired) electrons. The van der Waals surface area contributed by atoms with E-state index in [2.05, 4.69) is 14.1 Å². The van der Waals surface area contributed by atoms with Gasteiger partial charge in [-0.3, -0.25) is 9.52 Å². The van der Waals surface area contributed by atoms with E-state index in [1.807, 2.05) is 54.6 Å². The molecule has 38 heavy (non-hydrogen) atoms. The van der Waals surface area contributed by atoms with Crippen LogP contribution in [-0.4, -0.2) is 24.1 Å². The summed E-state index contributed by atoms with van der Waals surface area (Å²) in [5, 5.41) is 9.90. The van der Waals surface area contributed by atoms with Crippen LogP contribution >= 0.6 is 11.5 Å². The maximum Gasteiger partial charge on any atom is 0.263 e. The molecule has 1 heterocycles. The van der Waals surface area contributed by atoms with Gasteiger partial charge in [-0.05, 0) is 53.1 Å². The first-order valence-electron chi connectivity index (χ1n) is 11.2. The third kappa shape index (κ3) is 5.29. The highest BCUT2D eigenvalue weighted by atomic mass is 32.2. The fourth-order valence-electron chi connectivity index (χ4n) is 3.80. The minimum Gasteiger partial charge on any atom is -0.455 e. The summed E-state index contributed by atoms with van der Waals surface area (Å²) >= 11 is 0.898. The molecule has 0 aliphatic rings. The standard InChI is InChI=1S/C28H18N4O4S2/c29-16-23-14-24(38(34,35)32-28-30-18-31-37-28)10-12-26(23)36-27-11-9-21(20-6-2-1-3-7-20)15-25(27)22-8-4-5-19(13-22)17-33/h1-15,17-18H,(H,30,31,32). The number of nitriles is 1. The van der Waals surface area contributed by atoms with Crippen molar-refractivity contribution in [3.63, 3.8) is 0 Å². The zero-order chi connectivity index (χ0) is 26.5. The number of sulfonamides is 1. The van der Waals surface area contributed by atoms with Gasteiger partial charge in [0.15, 0.2) is 0 Å². The molecular formula is C28H18N4O4S2. The van der Waals surface area contributed by atoms with Crippen LogP contribution in [0.4, 0.5) is 5.13 Å². The van der Waals surface area contributed by atoms with E-state index in [1.165, 1.54) is 24.5 Å². The van der Waals surface area contributed by atoms with Gasteiger partial charge in [0, 0.05) is 22.7 Å². The number of aldehydes is 1. The number of carbonyl (C=O) groups excluding carboxylic acids is 1. The van der Waals surface area contributed by atoms with Crippen molar-refractivity contribution in [2.45, 2.75) is 4.90 Å². The summed E-state index contributed by atoms with van der Waals surface area (Å²) in [5.74, 6) is 0.620. The molecule has 186 valence electrons. The van der Waals surface area contributed by atoms with E-state index >= 15 is 0 Å². The maximum atomic E-state index is 12.8. The second kappa shape index (κ2) is 10.6. The summed E-state index contributed by atoms with van der Waals surface area (Å²) in [6.07, 6.45) is 2.01. The number of hydrogen-bond donors (Lipinski definition) is 1. The lowest BCUT2D eigenvalue weighted by atomic mass is 9.97. The fraction of sp³-hybridized carbons (Fsp3) is 0. The number of hydrogen-bond acceptors (Lipinski definition) is 8. The number of nitrogens with one attached hydrogen (secondary N) is 1. The van der Waals surface area contributed by atoms with Crippen LogP contribution in [0.2, 0.25) is 0 Å². The molecule has 0 aliphatic carbocycles. The summed E-state index contributed by atoms with van der Waals surface area (Å²) in [5.41, 5.74) is 3.93. The minimum atomic E-state index is -3.98. The molecule has 4 aromatic carbocycles. The quantitative estimate of drug-likeness (QED) is 0.235. The molecule has 0 amide bonds. The summed E-state index contributed by atoms with van der Waals surface area (Å²) in [6.45, 7) is 0. The molecule has 5 rings (SSSR count). The van der Waals surface area contributed by atoms with Crippen LogP contribution in [0.15, 0.2) is 102 Å². The molecule has 0 spiro atoms. The van der Waals surface area contributed by atoms with Gasteiger partial charge in [0.05, 0.1) is 10.5 Å². The Hall–Kier alpha value is -4.85. The normalized spacial score (nSPS) is 10.9. The van der Waals surface area contributed by atoms with Crippen molar-refractivity contribution in [1.82, 2.24) is 9.36 Å². The molecule has 1 aromatic heterocycles. The molecule has 0 fully saturated rings. The van der Waals surface area contributed by atoms with Gasteiger partial charge < -0.3 is 4.74 Å². The van der Waals surface area contributed by atoms with E-state index in [0.29, 0.717) is 16.9 Å². The van der Waals surface area contributed by atoms with Crippen LogP contribution in [0, 0.1) is 11.3 Å². The summed E-state index contributed by atoms with van der Waals surface area (Å²) < 4.78 is 37.8. The zero-order valence-corrected chi connectivity index (χ0v) is 21.2. The van der Waals surface area contributed by atoms with E-state index in [0.717, 1.165) is 34.5 Å². The van der Waals surface area contributed by atoms with Crippen molar-refractivity contribution >= 4 is 33.0 Å². The number of benzene rings is 4. The predicted octanol–water partition coefficient (Wildman–Crippen LogP) is 6.15. The van der Waals surface area contributed by atoms with Gasteiger partial charge in [-0.25, -0.2) is 13.4 Å². The van der Waals surface area contributed by atoms with Crippen molar-refractivity contribution in [1.29, 1.82) is 5.26 Å². The Kier molecular flexibility index (Phi) is 6.95. The Balaban J connectivity index is 1.55. The first-order valence-corrected chi connectivity index (χ1v) is 13.5. The highest BCUT2D eigenvalue weighted by Gasteiger charge is 2.19. The lowest BCUT2D eigenvalue weighted by Gasteiger charge is -2.15. The summed E-state index contributed by atoms with van der Waals surface area (Å²) in [7, 11) is -3.98. The van der Waals surface area contributed by atoms with E-state index < -0.39 is 10.0 Å². The SMILES string of the molecule is N#Cc1cc(S(=O)(=O)Nc2ncns2)ccc1Oc1ccc(-c2ccccc2)cc1-c1cccc(C=O)c1. The first kappa shape index (κ1) is 24.8. The average Bonchev–Trinajstić information content (AvgIpc) is 3.46. The fourth-order valence-corrected chi connectivity index (χ4v) is 5.48. The van der Waals surface area contributed by atoms with Gasteiger partial charge in [-0.1, -0.05) is 54.6 Å². The van der Waals surface area contributed by atoms with Crippen molar-refractivity contribution < 1.29 is 17.9 Å². The Morgan fingerprint density at radius 1 is 0.868 bits per heavy atom. The van der Waals surface area contributed by atoms with Crippen LogP contribution in [0.1, 0.15) is 15.9 Å². The van der Waals surface area contributed by atoms with Gasteiger partial charge in [-0.15, -0.1) is 0 Å². The molecule has 0 atom stereocenters. The van der Waals surface area contributed by atoms with Crippen LogP contribution in [0.5, 0.6) is 11.5 Å². The Bertz CT molecular complexity index is 1760. The highest BCUT2D eigenvalue weighted by molar-refractivity contribution is 7.93. The van der Waals surface area contributed by atoms with Crippen LogP contribution < -0.4 is 9.46 Å². The molecule has 0 bridgehead atoms. The summed E-state index contributed by atoms with van der Waals surface area (Å²) in [6, 6.07) is 28.6. The lowest BCUT2D eigenvalue weighted by molar-refractivity contribution is 0.112. The van der Waals surface area contributed by atoms with Gasteiger partial charge >= 0.3 is 0 Å². The van der Waals surface area contributed by atoms with Crippen LogP contribution in [0.25, 0.3) is 22.3 Å². The first-order chi connectivity index (χ1) is 18.5. The second-order valence-corrected chi connectivity index (χ2v) is 10.5. The molecule has 0 aliphatic heterocycles. The number of rotatable bonds is 8. The van der Waals surface area contributed by atoms with E-state index in [9.17, 15) is 18.5 Å². The van der Waals surface area contributed by atoms with Gasteiger partial charge in [0.25, 0.3) is 10.0 Å². The van der Waals surface area contributed by atoms with E-state index in [1.54, 1.807) is 24.3 Å².